The van der Waals surface area contributed by atoms with Crippen LogP contribution in [0.15, 0.2) is 30.3 Å². The smallest absolute Gasteiger partial charge is 0.227 e. The molecule has 1 saturated heterocycles. The summed E-state index contributed by atoms with van der Waals surface area (Å²) in [6.45, 7) is 0.711. The van der Waals surface area contributed by atoms with Gasteiger partial charge in [-0.1, -0.05) is 11.6 Å². The van der Waals surface area contributed by atoms with Gasteiger partial charge in [-0.25, -0.2) is 0 Å². The number of ether oxygens (including phenoxy) is 2. The molecular weight excluding hydrogens is 376 g/mol. The van der Waals surface area contributed by atoms with Crippen molar-refractivity contribution in [3.05, 3.63) is 39.5 Å². The number of halogens is 1. The van der Waals surface area contributed by atoms with Gasteiger partial charge in [0.05, 0.1) is 36.7 Å². The van der Waals surface area contributed by atoms with E-state index in [-0.39, 0.29) is 18.2 Å². The molecule has 1 aliphatic heterocycles. The van der Waals surface area contributed by atoms with Crippen molar-refractivity contribution in [1.82, 2.24) is 5.32 Å². The Morgan fingerprint density at radius 2 is 2.12 bits per heavy atom. The number of anilines is 1. The molecule has 8 heteroatoms. The van der Waals surface area contributed by atoms with Gasteiger partial charge in [0, 0.05) is 23.9 Å². The Hall–Kier alpha value is -2.25. The fourth-order valence-corrected chi connectivity index (χ4v) is 3.92. The standard InChI is InChI=1S/C18H19ClN2O4S/c1-24-12-3-5-15(25-2)14(8-12)21-10-11(7-17(21)22)18(23)20-9-13-4-6-16(19)26-13/h3-6,8,11H,7,9-10H2,1-2H3,(H,20,23). The second kappa shape index (κ2) is 7.97. The van der Waals surface area contributed by atoms with Gasteiger partial charge >= 0.3 is 0 Å². The molecule has 3 rings (SSSR count). The molecule has 1 aliphatic rings. The van der Waals surface area contributed by atoms with Crippen LogP contribution in [0.2, 0.25) is 4.34 Å². The zero-order valence-corrected chi connectivity index (χ0v) is 16.0. The number of hydrogen-bond acceptors (Lipinski definition) is 5. The molecule has 2 heterocycles. The number of rotatable bonds is 6. The van der Waals surface area contributed by atoms with E-state index >= 15 is 0 Å². The molecule has 0 saturated carbocycles. The number of hydrogen-bond donors (Lipinski definition) is 1. The molecule has 1 unspecified atom stereocenters. The minimum Gasteiger partial charge on any atom is -0.497 e. The van der Waals surface area contributed by atoms with E-state index in [2.05, 4.69) is 5.32 Å². The second-order valence-corrected chi connectivity index (χ2v) is 7.67. The lowest BCUT2D eigenvalue weighted by atomic mass is 10.1. The summed E-state index contributed by atoms with van der Waals surface area (Å²) in [5, 5.41) is 2.88. The van der Waals surface area contributed by atoms with Crippen LogP contribution in [-0.2, 0) is 16.1 Å². The summed E-state index contributed by atoms with van der Waals surface area (Å²) in [6.07, 6.45) is 0.164. The first-order valence-corrected chi connectivity index (χ1v) is 9.25. The number of thiophene rings is 1. The van der Waals surface area contributed by atoms with Crippen LogP contribution in [0.3, 0.4) is 0 Å². The molecule has 1 aromatic carbocycles. The van der Waals surface area contributed by atoms with Gasteiger partial charge in [0.25, 0.3) is 0 Å². The third-order valence-corrected chi connectivity index (χ3v) is 5.47. The van der Waals surface area contributed by atoms with Gasteiger partial charge in [0.1, 0.15) is 11.5 Å². The highest BCUT2D eigenvalue weighted by Gasteiger charge is 2.36. The lowest BCUT2D eigenvalue weighted by molar-refractivity contribution is -0.126. The van der Waals surface area contributed by atoms with Crippen LogP contribution < -0.4 is 19.7 Å². The van der Waals surface area contributed by atoms with Crippen molar-refractivity contribution in [3.8, 4) is 11.5 Å². The van der Waals surface area contributed by atoms with Gasteiger partial charge in [-0.2, -0.15) is 0 Å². The molecule has 1 aromatic heterocycles. The van der Waals surface area contributed by atoms with Gasteiger partial charge in [-0.3, -0.25) is 9.59 Å². The molecule has 1 fully saturated rings. The number of carbonyl (C=O) groups excluding carboxylic acids is 2. The highest BCUT2D eigenvalue weighted by molar-refractivity contribution is 7.16. The lowest BCUT2D eigenvalue weighted by Crippen LogP contribution is -2.32. The highest BCUT2D eigenvalue weighted by Crippen LogP contribution is 2.36. The minimum absolute atomic E-state index is 0.115. The van der Waals surface area contributed by atoms with Gasteiger partial charge in [-0.15, -0.1) is 11.3 Å². The van der Waals surface area contributed by atoms with Gasteiger partial charge in [-0.05, 0) is 24.3 Å². The normalized spacial score (nSPS) is 16.7. The predicted octanol–water partition coefficient (Wildman–Crippen LogP) is 3.09. The maximum absolute atomic E-state index is 12.5. The van der Waals surface area contributed by atoms with E-state index < -0.39 is 5.92 Å². The number of methoxy groups -OCH3 is 2. The first kappa shape index (κ1) is 18.5. The second-order valence-electron chi connectivity index (χ2n) is 5.87. The summed E-state index contributed by atoms with van der Waals surface area (Å²) in [7, 11) is 3.10. The van der Waals surface area contributed by atoms with E-state index in [0.717, 1.165) is 4.88 Å². The predicted molar refractivity (Wildman–Crippen MR) is 101 cm³/mol. The maximum atomic E-state index is 12.5. The van der Waals surface area contributed by atoms with Crippen LogP contribution in [0.4, 0.5) is 5.69 Å². The Bertz CT molecular complexity index is 823. The van der Waals surface area contributed by atoms with Crippen LogP contribution >= 0.6 is 22.9 Å². The number of benzene rings is 1. The Labute approximate surface area is 160 Å². The first-order valence-electron chi connectivity index (χ1n) is 8.06. The lowest BCUT2D eigenvalue weighted by Gasteiger charge is -2.20. The summed E-state index contributed by atoms with van der Waals surface area (Å²) in [4.78, 5) is 27.5. The van der Waals surface area contributed by atoms with E-state index in [9.17, 15) is 9.59 Å². The molecule has 26 heavy (non-hydrogen) atoms. The summed E-state index contributed by atoms with van der Waals surface area (Å²) in [5.41, 5.74) is 0.609. The average molecular weight is 395 g/mol. The van der Waals surface area contributed by atoms with Crippen LogP contribution in [0.5, 0.6) is 11.5 Å². The van der Waals surface area contributed by atoms with Crippen molar-refractivity contribution in [2.45, 2.75) is 13.0 Å². The van der Waals surface area contributed by atoms with Crippen molar-refractivity contribution in [2.75, 3.05) is 25.7 Å². The quantitative estimate of drug-likeness (QED) is 0.817. The molecule has 1 atom stereocenters. The summed E-state index contributed by atoms with van der Waals surface area (Å²) >= 11 is 7.32. The summed E-state index contributed by atoms with van der Waals surface area (Å²) in [6, 6.07) is 8.92. The third kappa shape index (κ3) is 3.94. The Morgan fingerprint density at radius 1 is 1.31 bits per heavy atom. The minimum atomic E-state index is -0.408. The van der Waals surface area contributed by atoms with E-state index in [1.807, 2.05) is 6.07 Å². The molecule has 1 N–H and O–H groups in total. The average Bonchev–Trinajstić information content (AvgIpc) is 3.24. The van der Waals surface area contributed by atoms with Crippen molar-refractivity contribution < 1.29 is 19.1 Å². The zero-order valence-electron chi connectivity index (χ0n) is 14.5. The highest BCUT2D eigenvalue weighted by atomic mass is 35.5. The van der Waals surface area contributed by atoms with Crippen LogP contribution in [0.1, 0.15) is 11.3 Å². The monoisotopic (exact) mass is 394 g/mol. The largest absolute Gasteiger partial charge is 0.497 e. The number of nitrogens with zero attached hydrogens (tertiary/aromatic N) is 1. The van der Waals surface area contributed by atoms with Crippen LogP contribution in [-0.4, -0.2) is 32.6 Å². The number of nitrogens with one attached hydrogen (secondary N) is 1. The van der Waals surface area contributed by atoms with Gasteiger partial charge in [0.15, 0.2) is 0 Å². The molecule has 2 amide bonds. The third-order valence-electron chi connectivity index (χ3n) is 4.24. The van der Waals surface area contributed by atoms with E-state index in [0.29, 0.717) is 34.6 Å². The van der Waals surface area contributed by atoms with Crippen molar-refractivity contribution in [2.24, 2.45) is 5.92 Å². The Morgan fingerprint density at radius 3 is 2.77 bits per heavy atom. The molecule has 0 spiro atoms. The van der Waals surface area contributed by atoms with Crippen molar-refractivity contribution in [1.29, 1.82) is 0 Å². The number of amides is 2. The summed E-state index contributed by atoms with van der Waals surface area (Å²) in [5.74, 6) is 0.515. The van der Waals surface area contributed by atoms with Crippen molar-refractivity contribution >= 4 is 40.4 Å². The van der Waals surface area contributed by atoms with E-state index in [1.165, 1.54) is 11.3 Å². The molecule has 0 bridgehead atoms. The zero-order chi connectivity index (χ0) is 18.7. The molecule has 0 aliphatic carbocycles. The van der Waals surface area contributed by atoms with E-state index in [1.54, 1.807) is 43.4 Å². The Balaban J connectivity index is 1.69. The van der Waals surface area contributed by atoms with Gasteiger partial charge < -0.3 is 19.7 Å². The van der Waals surface area contributed by atoms with Gasteiger partial charge in [0.2, 0.25) is 11.8 Å². The van der Waals surface area contributed by atoms with E-state index in [4.69, 9.17) is 21.1 Å². The number of carbonyl (C=O) groups is 2. The Kier molecular flexibility index (Phi) is 5.68. The fourth-order valence-electron chi connectivity index (χ4n) is 2.89. The van der Waals surface area contributed by atoms with Crippen LogP contribution in [0.25, 0.3) is 0 Å². The molecular formula is C18H19ClN2O4S. The first-order chi connectivity index (χ1) is 12.5. The fraction of sp³-hybridized carbons (Fsp3) is 0.333. The topological polar surface area (TPSA) is 67.9 Å². The molecule has 2 aromatic rings. The molecule has 0 radical (unpaired) electrons. The van der Waals surface area contributed by atoms with Crippen molar-refractivity contribution in [3.63, 3.8) is 0 Å². The summed E-state index contributed by atoms with van der Waals surface area (Å²) < 4.78 is 11.3. The SMILES string of the molecule is COc1ccc(OC)c(N2CC(C(=O)NCc3ccc(Cl)s3)CC2=O)c1. The maximum Gasteiger partial charge on any atom is 0.227 e. The molecule has 138 valence electrons. The molecule has 6 nitrogen and oxygen atoms in total. The van der Waals surface area contributed by atoms with Crippen LogP contribution in [0, 0.1) is 5.92 Å².